The Morgan fingerprint density at radius 2 is 1.30 bits per heavy atom. The van der Waals surface area contributed by atoms with Gasteiger partial charge in [0.25, 0.3) is 0 Å². The van der Waals surface area contributed by atoms with Gasteiger partial charge in [-0.15, -0.1) is 0 Å². The highest BCUT2D eigenvalue weighted by Crippen LogP contribution is 2.10. The lowest BCUT2D eigenvalue weighted by molar-refractivity contribution is -0.910. The largest absolute Gasteiger partial charge is 0.514 e. The molecule has 1 aliphatic heterocycles. The Balaban J connectivity index is 0.000000402. The fourth-order valence-corrected chi connectivity index (χ4v) is 3.21. The molecule has 0 spiro atoms. The second-order valence-electron chi connectivity index (χ2n) is 9.41. The van der Waals surface area contributed by atoms with Crippen LogP contribution in [0.4, 0.5) is 9.59 Å². The number of ether oxygens (including phenoxy) is 5. The predicted molar refractivity (Wildman–Crippen MR) is 136 cm³/mol. The van der Waals surface area contributed by atoms with E-state index >= 15 is 0 Å². The van der Waals surface area contributed by atoms with Crippen LogP contribution in [0.25, 0.3) is 0 Å². The Morgan fingerprint density at radius 3 is 1.70 bits per heavy atom. The maximum absolute atomic E-state index is 11.6. The maximum atomic E-state index is 11.6. The van der Waals surface area contributed by atoms with Crippen LogP contribution in [0.1, 0.15) is 0 Å². The van der Waals surface area contributed by atoms with Crippen LogP contribution in [0.5, 0.6) is 11.5 Å². The number of carbonyl (C=O) groups excluding carboxylic acids is 2. The van der Waals surface area contributed by atoms with E-state index in [9.17, 15) is 9.59 Å². The molecule has 1 heterocycles. The highest BCUT2D eigenvalue weighted by Gasteiger charge is 2.24. The summed E-state index contributed by atoms with van der Waals surface area (Å²) in [7, 11) is 5.99. The van der Waals surface area contributed by atoms with Crippen LogP contribution in [0.15, 0.2) is 60.7 Å². The summed E-state index contributed by atoms with van der Waals surface area (Å²) in [4.78, 5) is 23.3. The van der Waals surface area contributed by atoms with Gasteiger partial charge in [0.2, 0.25) is 0 Å². The average molecular weight is 516 g/mol. The Morgan fingerprint density at radius 1 is 0.865 bits per heavy atom. The van der Waals surface area contributed by atoms with E-state index < -0.39 is 12.3 Å². The number of morpholine rings is 1. The van der Waals surface area contributed by atoms with E-state index in [1.54, 1.807) is 48.5 Å². The Labute approximate surface area is 218 Å². The van der Waals surface area contributed by atoms with Gasteiger partial charge < -0.3 is 32.7 Å². The van der Waals surface area contributed by atoms with Crippen molar-refractivity contribution in [1.82, 2.24) is 0 Å². The summed E-state index contributed by atoms with van der Waals surface area (Å²) in [5.74, 6) is 0.864. The molecule has 0 aliphatic carbocycles. The van der Waals surface area contributed by atoms with Crippen molar-refractivity contribution in [2.24, 2.45) is 0 Å². The van der Waals surface area contributed by atoms with Crippen molar-refractivity contribution < 1.29 is 42.2 Å². The second kappa shape index (κ2) is 15.5. The maximum Gasteiger partial charge on any atom is 0.514 e. The molecular formula is C27H37N3O7+2. The Kier molecular flexibility index (Phi) is 12.4. The molecular weight excluding hydrogens is 478 g/mol. The van der Waals surface area contributed by atoms with Crippen molar-refractivity contribution in [3.63, 3.8) is 0 Å². The molecule has 37 heavy (non-hydrogen) atoms. The first kappa shape index (κ1) is 29.6. The smallest absolute Gasteiger partial charge is 0.428 e. The van der Waals surface area contributed by atoms with Crippen LogP contribution in [0, 0.1) is 11.3 Å². The van der Waals surface area contributed by atoms with Gasteiger partial charge >= 0.3 is 12.3 Å². The molecule has 10 nitrogen and oxygen atoms in total. The topological polar surface area (TPSA) is 104 Å². The third-order valence-electron chi connectivity index (χ3n) is 5.73. The highest BCUT2D eigenvalue weighted by molar-refractivity contribution is 5.64. The Bertz CT molecular complexity index is 927. The van der Waals surface area contributed by atoms with Gasteiger partial charge in [0.05, 0.1) is 34.4 Å². The summed E-state index contributed by atoms with van der Waals surface area (Å²) in [5, 5.41) is 8.48. The van der Waals surface area contributed by atoms with Crippen molar-refractivity contribution in [3.8, 4) is 17.6 Å². The van der Waals surface area contributed by atoms with Gasteiger partial charge in [-0.2, -0.15) is 5.26 Å². The zero-order valence-electron chi connectivity index (χ0n) is 21.8. The molecule has 0 unspecified atom stereocenters. The molecule has 0 radical (unpaired) electrons. The number of benzene rings is 2. The van der Waals surface area contributed by atoms with E-state index in [1.165, 1.54) is 0 Å². The van der Waals surface area contributed by atoms with Crippen LogP contribution >= 0.6 is 0 Å². The van der Waals surface area contributed by atoms with Gasteiger partial charge in [-0.1, -0.05) is 36.4 Å². The molecule has 0 saturated carbocycles. The molecule has 0 N–H and O–H groups in total. The van der Waals surface area contributed by atoms with Gasteiger partial charge in [-0.25, -0.2) is 9.59 Å². The first-order valence-electron chi connectivity index (χ1n) is 12.1. The summed E-state index contributed by atoms with van der Waals surface area (Å²) in [6.07, 6.45) is -1.49. The minimum Gasteiger partial charge on any atom is -0.428 e. The van der Waals surface area contributed by atoms with Crippen LogP contribution in [0.3, 0.4) is 0 Å². The quantitative estimate of drug-likeness (QED) is 0.216. The Hall–Kier alpha value is -3.65. The van der Waals surface area contributed by atoms with Gasteiger partial charge in [0, 0.05) is 0 Å². The fraction of sp³-hybridized carbons (Fsp3) is 0.444. The number of likely N-dealkylation sites (N-methyl/N-ethyl adjacent to an activating group) is 2. The second-order valence-corrected chi connectivity index (χ2v) is 9.41. The molecule has 0 atom stereocenters. The van der Waals surface area contributed by atoms with E-state index in [2.05, 4.69) is 13.1 Å². The zero-order chi connectivity index (χ0) is 27.0. The van der Waals surface area contributed by atoms with Crippen molar-refractivity contribution in [2.75, 3.05) is 80.3 Å². The minimum absolute atomic E-state index is 0.188. The number of quaternary nitrogens is 2. The normalized spacial score (nSPS) is 14.2. The van der Waals surface area contributed by atoms with Gasteiger partial charge in [0.1, 0.15) is 57.0 Å². The van der Waals surface area contributed by atoms with Crippen molar-refractivity contribution in [1.29, 1.82) is 5.26 Å². The SMILES string of the molecule is C[N+](C)(CCOC(=O)Oc1ccccc1)CCOC(=O)Oc1ccccc1.C[N+]1(CC#N)CCOCC1. The molecule has 2 aromatic rings. The number of para-hydroxylation sites is 2. The van der Waals surface area contributed by atoms with E-state index in [0.29, 0.717) is 35.6 Å². The van der Waals surface area contributed by atoms with Crippen molar-refractivity contribution in [3.05, 3.63) is 60.7 Å². The molecule has 2 aromatic carbocycles. The van der Waals surface area contributed by atoms with Gasteiger partial charge in [0.15, 0.2) is 6.54 Å². The number of rotatable bonds is 9. The first-order valence-corrected chi connectivity index (χ1v) is 12.1. The predicted octanol–water partition coefficient (Wildman–Crippen LogP) is 3.48. The number of nitriles is 1. The van der Waals surface area contributed by atoms with Gasteiger partial charge in [-0.05, 0) is 24.3 Å². The molecule has 0 amide bonds. The van der Waals surface area contributed by atoms with Gasteiger partial charge in [-0.3, -0.25) is 0 Å². The van der Waals surface area contributed by atoms with Crippen LogP contribution in [-0.2, 0) is 14.2 Å². The summed E-state index contributed by atoms with van der Waals surface area (Å²) >= 11 is 0. The highest BCUT2D eigenvalue weighted by atomic mass is 16.7. The molecule has 1 fully saturated rings. The lowest BCUT2D eigenvalue weighted by Crippen LogP contribution is -2.51. The summed E-state index contributed by atoms with van der Waals surface area (Å²) in [6.45, 7) is 5.64. The summed E-state index contributed by atoms with van der Waals surface area (Å²) < 4.78 is 26.8. The first-order chi connectivity index (χ1) is 17.7. The third kappa shape index (κ3) is 12.7. The van der Waals surface area contributed by atoms with E-state index in [1.807, 2.05) is 26.2 Å². The number of hydrogen-bond donors (Lipinski definition) is 0. The van der Waals surface area contributed by atoms with Crippen LogP contribution in [-0.4, -0.2) is 102 Å². The average Bonchev–Trinajstić information content (AvgIpc) is 2.86. The fourth-order valence-electron chi connectivity index (χ4n) is 3.21. The molecule has 10 heteroatoms. The molecule has 0 bridgehead atoms. The molecule has 1 aliphatic rings. The molecule has 0 aromatic heterocycles. The lowest BCUT2D eigenvalue weighted by atomic mass is 10.3. The van der Waals surface area contributed by atoms with Crippen molar-refractivity contribution >= 4 is 12.3 Å². The van der Waals surface area contributed by atoms with Crippen LogP contribution in [0.2, 0.25) is 0 Å². The van der Waals surface area contributed by atoms with Crippen LogP contribution < -0.4 is 9.47 Å². The van der Waals surface area contributed by atoms with E-state index in [4.69, 9.17) is 28.9 Å². The monoisotopic (exact) mass is 515 g/mol. The number of carbonyl (C=O) groups is 2. The summed E-state index contributed by atoms with van der Waals surface area (Å²) in [5.41, 5.74) is 0. The molecule has 200 valence electrons. The minimum atomic E-state index is -0.746. The molecule has 1 saturated heterocycles. The zero-order valence-corrected chi connectivity index (χ0v) is 21.8. The summed E-state index contributed by atoms with van der Waals surface area (Å²) in [6, 6.07) is 19.6. The number of hydrogen-bond acceptors (Lipinski definition) is 8. The lowest BCUT2D eigenvalue weighted by Gasteiger charge is -2.35. The standard InChI is InChI=1S/C20H24NO6.C7H13N2O/c1-21(2,13-15-24-19(22)26-17-9-5-3-6-10-17)14-16-25-20(23)27-18-11-7-4-8-12-18;1-9(3-2-8)4-6-10-7-5-9/h3-12H,13-16H2,1-2H3;3-7H2,1H3/q2*+1. The third-order valence-corrected chi connectivity index (χ3v) is 5.73. The molecule has 3 rings (SSSR count). The van der Waals surface area contributed by atoms with Crippen molar-refractivity contribution in [2.45, 2.75) is 0 Å². The van der Waals surface area contributed by atoms with E-state index in [0.717, 1.165) is 30.8 Å². The number of nitrogens with zero attached hydrogens (tertiary/aromatic N) is 3. The van der Waals surface area contributed by atoms with E-state index in [-0.39, 0.29) is 13.2 Å².